The summed E-state index contributed by atoms with van der Waals surface area (Å²) in [5.41, 5.74) is 2.67. The molecule has 27 heavy (non-hydrogen) atoms. The molecule has 1 fully saturated rings. The molecule has 1 amide bonds. The first-order valence-electron chi connectivity index (χ1n) is 9.59. The Balaban J connectivity index is 1.72. The Morgan fingerprint density at radius 3 is 2.89 bits per heavy atom. The van der Waals surface area contributed by atoms with Crippen molar-refractivity contribution >= 4 is 29.4 Å². The fourth-order valence-electron chi connectivity index (χ4n) is 3.36. The molecule has 0 spiro atoms. The lowest BCUT2D eigenvalue weighted by Gasteiger charge is -2.15. The summed E-state index contributed by atoms with van der Waals surface area (Å²) in [7, 11) is 0. The van der Waals surface area contributed by atoms with Crippen molar-refractivity contribution in [2.45, 2.75) is 71.4 Å². The highest BCUT2D eigenvalue weighted by Crippen LogP contribution is 2.24. The Hall–Kier alpha value is -1.99. The highest BCUT2D eigenvalue weighted by atomic mass is 32.1. The smallest absolute Gasteiger partial charge is 0.263 e. The minimum absolute atomic E-state index is 0.152. The van der Waals surface area contributed by atoms with Crippen LogP contribution in [0.5, 0.6) is 0 Å². The molecule has 3 rings (SSSR count). The number of aliphatic hydroxyl groups is 1. The van der Waals surface area contributed by atoms with Crippen molar-refractivity contribution in [1.82, 2.24) is 15.5 Å². The number of carbonyl (C=O) groups excluding carboxylic acids is 1. The van der Waals surface area contributed by atoms with E-state index < -0.39 is 6.10 Å². The molecule has 1 aliphatic rings. The van der Waals surface area contributed by atoms with Gasteiger partial charge in [-0.05, 0) is 58.1 Å². The Morgan fingerprint density at radius 2 is 2.19 bits per heavy atom. The van der Waals surface area contributed by atoms with E-state index in [4.69, 9.17) is 4.52 Å². The van der Waals surface area contributed by atoms with Crippen LogP contribution in [0.2, 0.25) is 0 Å². The van der Waals surface area contributed by atoms with Gasteiger partial charge in [0.25, 0.3) is 5.91 Å². The number of nitrogens with one attached hydrogen (secondary N) is 1. The molecule has 6 nitrogen and oxygen atoms in total. The molecule has 0 aromatic carbocycles. The van der Waals surface area contributed by atoms with Gasteiger partial charge in [0.15, 0.2) is 0 Å². The van der Waals surface area contributed by atoms with Crippen LogP contribution in [0.4, 0.5) is 0 Å². The van der Waals surface area contributed by atoms with Crippen molar-refractivity contribution in [3.63, 3.8) is 0 Å². The fraction of sp³-hybridized carbons (Fsp3) is 0.550. The quantitative estimate of drug-likeness (QED) is 0.750. The summed E-state index contributed by atoms with van der Waals surface area (Å²) in [6, 6.07) is -0.154. The maximum absolute atomic E-state index is 12.5. The topological polar surface area (TPSA) is 88.2 Å². The average molecular weight is 390 g/mol. The Labute approximate surface area is 163 Å². The van der Waals surface area contributed by atoms with Crippen LogP contribution in [0.25, 0.3) is 12.2 Å². The van der Waals surface area contributed by atoms with Gasteiger partial charge < -0.3 is 14.9 Å². The van der Waals surface area contributed by atoms with Crippen molar-refractivity contribution in [3.05, 3.63) is 32.6 Å². The van der Waals surface area contributed by atoms with Gasteiger partial charge in [-0.3, -0.25) is 4.79 Å². The average Bonchev–Trinajstić information content (AvgIpc) is 3.31. The summed E-state index contributed by atoms with van der Waals surface area (Å²) in [5.74, 6) is 0.638. The van der Waals surface area contributed by atoms with E-state index >= 15 is 0 Å². The summed E-state index contributed by atoms with van der Waals surface area (Å²) < 4.78 is 5.33. The molecular formula is C20H27N3O3S. The Morgan fingerprint density at radius 1 is 1.37 bits per heavy atom. The minimum Gasteiger partial charge on any atom is -0.391 e. The summed E-state index contributed by atoms with van der Waals surface area (Å²) in [6.07, 6.45) is 9.02. The number of hydrogen-bond donors (Lipinski definition) is 2. The van der Waals surface area contributed by atoms with Crippen LogP contribution in [0, 0.1) is 13.8 Å². The molecule has 146 valence electrons. The van der Waals surface area contributed by atoms with Crippen LogP contribution in [0.15, 0.2) is 4.52 Å². The van der Waals surface area contributed by atoms with Crippen molar-refractivity contribution in [1.29, 1.82) is 0 Å². The first-order chi connectivity index (χ1) is 13.0. The Kier molecular flexibility index (Phi) is 6.44. The van der Waals surface area contributed by atoms with Crippen molar-refractivity contribution in [2.24, 2.45) is 0 Å². The van der Waals surface area contributed by atoms with Crippen molar-refractivity contribution in [2.75, 3.05) is 0 Å². The molecule has 0 aliphatic heterocycles. The third-order valence-corrected chi connectivity index (χ3v) is 6.08. The highest BCUT2D eigenvalue weighted by Gasteiger charge is 2.28. The van der Waals surface area contributed by atoms with E-state index in [-0.39, 0.29) is 11.9 Å². The summed E-state index contributed by atoms with van der Waals surface area (Å²) in [4.78, 5) is 17.6. The van der Waals surface area contributed by atoms with E-state index in [1.54, 1.807) is 0 Å². The molecular weight excluding hydrogens is 362 g/mol. The first kappa shape index (κ1) is 19.8. The van der Waals surface area contributed by atoms with Crippen LogP contribution in [-0.4, -0.2) is 33.3 Å². The second kappa shape index (κ2) is 8.80. The van der Waals surface area contributed by atoms with E-state index in [1.165, 1.54) is 11.3 Å². The molecule has 2 aromatic rings. The van der Waals surface area contributed by atoms with Gasteiger partial charge in [-0.2, -0.15) is 0 Å². The van der Waals surface area contributed by atoms with Gasteiger partial charge >= 0.3 is 0 Å². The number of aryl methyl sites for hydroxylation is 3. The summed E-state index contributed by atoms with van der Waals surface area (Å²) in [6.45, 7) is 5.89. The van der Waals surface area contributed by atoms with E-state index in [2.05, 4.69) is 22.4 Å². The zero-order valence-corrected chi connectivity index (χ0v) is 16.9. The number of hydrogen-bond acceptors (Lipinski definition) is 6. The molecule has 2 aromatic heterocycles. The monoisotopic (exact) mass is 389 g/mol. The number of aliphatic hydroxyl groups excluding tert-OH is 1. The maximum Gasteiger partial charge on any atom is 0.263 e. The largest absolute Gasteiger partial charge is 0.391 e. The SMILES string of the molecule is CCCCc1noc(C)c1/C=C/c1nc(C)c(C(=O)N[C@H]2CCC[C@@H]2O)s1. The molecule has 2 heterocycles. The fourth-order valence-corrected chi connectivity index (χ4v) is 4.23. The number of thiazole rings is 1. The van der Waals surface area contributed by atoms with Gasteiger partial charge in [-0.25, -0.2) is 4.98 Å². The van der Waals surface area contributed by atoms with Gasteiger partial charge in [-0.15, -0.1) is 11.3 Å². The van der Waals surface area contributed by atoms with Crippen LogP contribution in [-0.2, 0) is 6.42 Å². The second-order valence-corrected chi connectivity index (χ2v) is 8.11. The molecule has 0 radical (unpaired) electrons. The third kappa shape index (κ3) is 4.65. The third-order valence-electron chi connectivity index (χ3n) is 4.96. The standard InChI is InChI=1S/C20H27N3O3S/c1-4-5-7-15-14(13(3)26-23-15)10-11-18-21-12(2)19(27-18)20(25)22-16-8-6-9-17(16)24/h10-11,16-17,24H,4-9H2,1-3H3,(H,22,25)/b11-10+/t16-,17-/m0/s1. The molecule has 0 saturated heterocycles. The maximum atomic E-state index is 12.5. The number of carbonyl (C=O) groups is 1. The summed E-state index contributed by atoms with van der Waals surface area (Å²) >= 11 is 1.36. The molecule has 2 atom stereocenters. The van der Waals surface area contributed by atoms with E-state index in [0.717, 1.165) is 60.6 Å². The van der Waals surface area contributed by atoms with Crippen molar-refractivity contribution < 1.29 is 14.4 Å². The number of aromatic nitrogens is 2. The van der Waals surface area contributed by atoms with Crippen LogP contribution in [0.1, 0.15) is 76.4 Å². The minimum atomic E-state index is -0.445. The van der Waals surface area contributed by atoms with E-state index in [0.29, 0.717) is 10.6 Å². The number of rotatable bonds is 7. The predicted molar refractivity (Wildman–Crippen MR) is 107 cm³/mol. The van der Waals surface area contributed by atoms with Gasteiger partial charge in [0.1, 0.15) is 15.6 Å². The van der Waals surface area contributed by atoms with Crippen LogP contribution < -0.4 is 5.32 Å². The number of amides is 1. The normalized spacial score (nSPS) is 19.9. The molecule has 1 saturated carbocycles. The van der Waals surface area contributed by atoms with Gasteiger partial charge in [0.05, 0.1) is 23.5 Å². The molecule has 0 unspecified atom stereocenters. The van der Waals surface area contributed by atoms with E-state index in [1.807, 2.05) is 26.0 Å². The number of unbranched alkanes of at least 4 members (excludes halogenated alkanes) is 1. The molecule has 1 aliphatic carbocycles. The van der Waals surface area contributed by atoms with Crippen molar-refractivity contribution in [3.8, 4) is 0 Å². The first-order valence-corrected chi connectivity index (χ1v) is 10.4. The van der Waals surface area contributed by atoms with E-state index in [9.17, 15) is 9.90 Å². The number of nitrogens with zero attached hydrogens (tertiary/aromatic N) is 2. The zero-order chi connectivity index (χ0) is 19.4. The zero-order valence-electron chi connectivity index (χ0n) is 16.1. The lowest BCUT2D eigenvalue weighted by atomic mass is 10.1. The molecule has 2 N–H and O–H groups in total. The highest BCUT2D eigenvalue weighted by molar-refractivity contribution is 7.14. The predicted octanol–water partition coefficient (Wildman–Crippen LogP) is 3.90. The van der Waals surface area contributed by atoms with Crippen LogP contribution in [0.3, 0.4) is 0 Å². The summed E-state index contributed by atoms with van der Waals surface area (Å²) in [5, 5.41) is 17.8. The van der Waals surface area contributed by atoms with Gasteiger partial charge in [-0.1, -0.05) is 18.5 Å². The lowest BCUT2D eigenvalue weighted by molar-refractivity contribution is 0.0876. The Bertz CT molecular complexity index is 825. The second-order valence-electron chi connectivity index (χ2n) is 7.08. The molecule has 7 heteroatoms. The molecule has 0 bridgehead atoms. The van der Waals surface area contributed by atoms with Crippen LogP contribution >= 0.6 is 11.3 Å². The van der Waals surface area contributed by atoms with Gasteiger partial charge in [0.2, 0.25) is 0 Å². The van der Waals surface area contributed by atoms with Gasteiger partial charge in [0, 0.05) is 5.56 Å². The lowest BCUT2D eigenvalue weighted by Crippen LogP contribution is -2.39.